The minimum atomic E-state index is -0.486. The third kappa shape index (κ3) is 2.74. The number of hydrogen-bond donors (Lipinski definition) is 1. The Kier molecular flexibility index (Phi) is 4.00. The van der Waals surface area contributed by atoms with Crippen LogP contribution in [-0.4, -0.2) is 61.9 Å². The molecule has 0 aromatic carbocycles. The van der Waals surface area contributed by atoms with Gasteiger partial charge in [0.25, 0.3) is 0 Å². The summed E-state index contributed by atoms with van der Waals surface area (Å²) in [4.78, 5) is 25.5. The van der Waals surface area contributed by atoms with Gasteiger partial charge in [-0.2, -0.15) is 0 Å². The molecule has 6 rings (SSSR count). The van der Waals surface area contributed by atoms with Gasteiger partial charge >= 0.3 is 0 Å². The molecule has 3 aromatic rings. The van der Waals surface area contributed by atoms with Gasteiger partial charge in [-0.05, 0) is 26.7 Å². The molecule has 2 fully saturated rings. The summed E-state index contributed by atoms with van der Waals surface area (Å²) in [6, 6.07) is 0.298. The van der Waals surface area contributed by atoms with Crippen LogP contribution in [0.5, 0.6) is 0 Å². The van der Waals surface area contributed by atoms with Gasteiger partial charge in [-0.15, -0.1) is 0 Å². The van der Waals surface area contributed by atoms with Crippen molar-refractivity contribution in [2.45, 2.75) is 51.0 Å². The summed E-state index contributed by atoms with van der Waals surface area (Å²) in [5.41, 5.74) is 7.57. The van der Waals surface area contributed by atoms with Gasteiger partial charge < -0.3 is 24.7 Å². The summed E-state index contributed by atoms with van der Waals surface area (Å²) < 4.78 is 14.0. The van der Waals surface area contributed by atoms with Crippen LogP contribution in [0.3, 0.4) is 0 Å². The van der Waals surface area contributed by atoms with Crippen LogP contribution in [0, 0.1) is 5.92 Å². The molecule has 10 heteroatoms. The van der Waals surface area contributed by atoms with Crippen molar-refractivity contribution in [1.29, 1.82) is 0 Å². The van der Waals surface area contributed by atoms with E-state index in [2.05, 4.69) is 19.4 Å². The van der Waals surface area contributed by atoms with Crippen LogP contribution < -0.4 is 10.6 Å². The average Bonchev–Trinajstić information content (AvgIpc) is 3.44. The molecule has 3 atom stereocenters. The molecule has 162 valence electrons. The van der Waals surface area contributed by atoms with Gasteiger partial charge in [0, 0.05) is 38.5 Å². The summed E-state index contributed by atoms with van der Waals surface area (Å²) in [6.45, 7) is 6.32. The van der Waals surface area contributed by atoms with E-state index in [0.717, 1.165) is 41.3 Å². The monoisotopic (exact) mass is 422 g/mol. The summed E-state index contributed by atoms with van der Waals surface area (Å²) in [5.74, 6) is 3.04. The maximum absolute atomic E-state index is 6.00. The molecule has 5 heterocycles. The quantitative estimate of drug-likeness (QED) is 0.673. The van der Waals surface area contributed by atoms with Crippen LogP contribution in [0.15, 0.2) is 12.4 Å². The van der Waals surface area contributed by atoms with Crippen LogP contribution in [0.2, 0.25) is 0 Å². The lowest BCUT2D eigenvalue weighted by Gasteiger charge is -2.30. The highest BCUT2D eigenvalue weighted by molar-refractivity contribution is 5.87. The molecule has 3 aromatic heterocycles. The zero-order valence-corrected chi connectivity index (χ0v) is 17.9. The number of piperidine rings is 1. The van der Waals surface area contributed by atoms with Gasteiger partial charge in [0.1, 0.15) is 11.4 Å². The van der Waals surface area contributed by atoms with Crippen molar-refractivity contribution < 1.29 is 9.47 Å². The molecule has 0 spiro atoms. The Morgan fingerprint density at radius 2 is 1.97 bits per heavy atom. The van der Waals surface area contributed by atoms with Crippen molar-refractivity contribution >= 4 is 22.9 Å². The molecular weight excluding hydrogens is 396 g/mol. The van der Waals surface area contributed by atoms with Gasteiger partial charge in [-0.3, -0.25) is 0 Å². The predicted octanol–water partition coefficient (Wildman–Crippen LogP) is 1.74. The van der Waals surface area contributed by atoms with Crippen molar-refractivity contribution in [3.63, 3.8) is 0 Å². The first-order chi connectivity index (χ1) is 15.0. The molecular formula is C21H26N8O2. The summed E-state index contributed by atoms with van der Waals surface area (Å²) in [7, 11) is 1.81. The molecule has 1 saturated heterocycles. The maximum atomic E-state index is 6.00. The van der Waals surface area contributed by atoms with Gasteiger partial charge in [0.05, 0.1) is 24.3 Å². The van der Waals surface area contributed by atoms with E-state index in [-0.39, 0.29) is 12.1 Å². The number of imidazole rings is 1. The molecule has 2 N–H and O–H groups in total. The van der Waals surface area contributed by atoms with E-state index in [9.17, 15) is 0 Å². The van der Waals surface area contributed by atoms with E-state index in [1.165, 1.54) is 6.42 Å². The zero-order chi connectivity index (χ0) is 21.3. The highest BCUT2D eigenvalue weighted by atomic mass is 16.5. The molecule has 10 nitrogen and oxygen atoms in total. The number of aromatic nitrogens is 6. The fourth-order valence-electron chi connectivity index (χ4n) is 5.43. The van der Waals surface area contributed by atoms with Crippen LogP contribution in [0.25, 0.3) is 22.6 Å². The van der Waals surface area contributed by atoms with Crippen molar-refractivity contribution in [3.05, 3.63) is 18.2 Å². The van der Waals surface area contributed by atoms with Gasteiger partial charge in [-0.25, -0.2) is 24.9 Å². The third-order valence-electron chi connectivity index (χ3n) is 6.88. The lowest BCUT2D eigenvalue weighted by molar-refractivity contribution is -0.0530. The normalized spacial score (nSPS) is 26.5. The highest BCUT2D eigenvalue weighted by Crippen LogP contribution is 2.44. The smallest absolute Gasteiger partial charge is 0.219 e. The van der Waals surface area contributed by atoms with E-state index >= 15 is 0 Å². The molecule has 1 saturated carbocycles. The number of fused-ring (bicyclic) bond motifs is 5. The number of rotatable bonds is 3. The number of nitrogen functional groups attached to an aromatic ring is 1. The van der Waals surface area contributed by atoms with E-state index in [4.69, 9.17) is 30.2 Å². The molecule has 3 unspecified atom stereocenters. The zero-order valence-electron chi connectivity index (χ0n) is 17.9. The van der Waals surface area contributed by atoms with Gasteiger partial charge in [0.15, 0.2) is 22.8 Å². The van der Waals surface area contributed by atoms with E-state index < -0.39 is 5.60 Å². The summed E-state index contributed by atoms with van der Waals surface area (Å²) in [6.07, 6.45) is 5.85. The van der Waals surface area contributed by atoms with Crippen LogP contribution in [-0.2, 0) is 21.6 Å². The van der Waals surface area contributed by atoms with Crippen LogP contribution in [0.1, 0.15) is 32.5 Å². The second-order valence-electron chi connectivity index (χ2n) is 9.08. The highest BCUT2D eigenvalue weighted by Gasteiger charge is 2.48. The molecule has 2 aliphatic heterocycles. The largest absolute Gasteiger partial charge is 0.379 e. The minimum Gasteiger partial charge on any atom is -0.379 e. The Hall–Kier alpha value is -2.85. The van der Waals surface area contributed by atoms with E-state index in [1.54, 1.807) is 19.5 Å². The van der Waals surface area contributed by atoms with Crippen molar-refractivity contribution in [2.24, 2.45) is 5.92 Å². The predicted molar refractivity (Wildman–Crippen MR) is 114 cm³/mol. The van der Waals surface area contributed by atoms with Crippen molar-refractivity contribution in [3.8, 4) is 11.4 Å². The first kappa shape index (κ1) is 18.9. The first-order valence-corrected chi connectivity index (χ1v) is 10.8. The van der Waals surface area contributed by atoms with Crippen LogP contribution in [0.4, 0.5) is 11.8 Å². The number of hydrogen-bond acceptors (Lipinski definition) is 9. The SMILES string of the molecule is COC1C2CCC1N(c1nc(-c3cnc(N)nc3)nc3c1nc1n3CCOC1(C)C)C2. The number of methoxy groups -OCH3 is 1. The Balaban J connectivity index is 1.57. The standard InChI is InChI=1S/C21H26N8O2/c1-21(2)19-25-14-17(28(19)6-7-31-21)26-16(12-8-23-20(22)24-9-12)27-18(14)29-10-11-4-5-13(29)15(11)30-3/h8-9,11,13,15H,4-7,10H2,1-3H3,(H2,22,23,24). The molecule has 0 amide bonds. The first-order valence-electron chi connectivity index (χ1n) is 10.8. The average molecular weight is 422 g/mol. The summed E-state index contributed by atoms with van der Waals surface area (Å²) >= 11 is 0. The third-order valence-corrected chi connectivity index (χ3v) is 6.88. The Bertz CT molecular complexity index is 1160. The van der Waals surface area contributed by atoms with Crippen molar-refractivity contribution in [1.82, 2.24) is 29.5 Å². The van der Waals surface area contributed by atoms with Crippen LogP contribution >= 0.6 is 0 Å². The Morgan fingerprint density at radius 1 is 1.16 bits per heavy atom. The summed E-state index contributed by atoms with van der Waals surface area (Å²) in [5, 5.41) is 0. The second-order valence-corrected chi connectivity index (χ2v) is 9.08. The van der Waals surface area contributed by atoms with E-state index in [0.29, 0.717) is 30.9 Å². The molecule has 2 bridgehead atoms. The second kappa shape index (κ2) is 6.57. The van der Waals surface area contributed by atoms with Gasteiger partial charge in [0.2, 0.25) is 5.95 Å². The van der Waals surface area contributed by atoms with Gasteiger partial charge in [-0.1, -0.05) is 0 Å². The topological polar surface area (TPSA) is 117 Å². The minimum absolute atomic E-state index is 0.227. The lowest BCUT2D eigenvalue weighted by atomic mass is 10.1. The fourth-order valence-corrected chi connectivity index (χ4v) is 5.43. The number of anilines is 2. The Labute approximate surface area is 179 Å². The van der Waals surface area contributed by atoms with E-state index in [1.807, 2.05) is 13.8 Å². The molecule has 31 heavy (non-hydrogen) atoms. The lowest BCUT2D eigenvalue weighted by Crippen LogP contribution is -2.35. The van der Waals surface area contributed by atoms with Crippen molar-refractivity contribution in [2.75, 3.05) is 30.9 Å². The Morgan fingerprint density at radius 3 is 2.71 bits per heavy atom. The maximum Gasteiger partial charge on any atom is 0.219 e. The number of nitrogens with zero attached hydrogens (tertiary/aromatic N) is 7. The fraction of sp³-hybridized carbons (Fsp3) is 0.571. The molecule has 1 aliphatic carbocycles. The molecule has 3 aliphatic rings. The number of ether oxygens (including phenoxy) is 2. The number of nitrogens with two attached hydrogens (primary N) is 1. The molecule has 0 radical (unpaired) electrons.